The summed E-state index contributed by atoms with van der Waals surface area (Å²) in [5.74, 6) is -0.253. The van der Waals surface area contributed by atoms with Crippen molar-refractivity contribution in [3.05, 3.63) is 74.9 Å². The van der Waals surface area contributed by atoms with Crippen molar-refractivity contribution in [2.24, 2.45) is 0 Å². The molecule has 2 aromatic carbocycles. The molecular formula is C20H15BrCl2N2O3S. The van der Waals surface area contributed by atoms with Crippen molar-refractivity contribution in [3.63, 3.8) is 0 Å². The number of carbonyl (C=O) groups excluding carboxylic acids is 1. The number of carbonyl (C=O) groups is 1. The quantitative estimate of drug-likeness (QED) is 0.495. The van der Waals surface area contributed by atoms with E-state index < -0.39 is 9.84 Å². The number of hydrogen-bond donors (Lipinski definition) is 1. The Bertz CT molecular complexity index is 1140. The lowest BCUT2D eigenvalue weighted by molar-refractivity contribution is -0.115. The molecule has 3 aromatic rings. The summed E-state index contributed by atoms with van der Waals surface area (Å²) in [7, 11) is -3.29. The lowest BCUT2D eigenvalue weighted by atomic mass is 10.0. The number of halogens is 3. The van der Waals surface area contributed by atoms with Gasteiger partial charge >= 0.3 is 0 Å². The number of nitrogens with zero attached hydrogens (tertiary/aromatic N) is 1. The maximum atomic E-state index is 12.3. The molecule has 1 amide bonds. The van der Waals surface area contributed by atoms with Gasteiger partial charge in [0, 0.05) is 33.9 Å². The molecule has 5 nitrogen and oxygen atoms in total. The molecule has 0 fully saturated rings. The number of aromatic nitrogens is 1. The average Bonchev–Trinajstić information content (AvgIpc) is 2.63. The van der Waals surface area contributed by atoms with Gasteiger partial charge < -0.3 is 5.32 Å². The van der Waals surface area contributed by atoms with Gasteiger partial charge in [-0.15, -0.1) is 0 Å². The van der Waals surface area contributed by atoms with Crippen LogP contribution in [0.15, 0.2) is 64.1 Å². The molecule has 0 atom stereocenters. The molecule has 0 radical (unpaired) electrons. The second kappa shape index (κ2) is 8.83. The highest BCUT2D eigenvalue weighted by Gasteiger charge is 2.14. The lowest BCUT2D eigenvalue weighted by Crippen LogP contribution is -2.15. The zero-order valence-electron chi connectivity index (χ0n) is 15.1. The third-order valence-electron chi connectivity index (χ3n) is 4.03. The molecule has 0 unspecified atom stereocenters. The molecule has 0 saturated carbocycles. The van der Waals surface area contributed by atoms with Crippen molar-refractivity contribution in [2.75, 3.05) is 11.6 Å². The summed E-state index contributed by atoms with van der Waals surface area (Å²) in [6, 6.07) is 13.0. The predicted molar refractivity (Wildman–Crippen MR) is 119 cm³/mol. The fourth-order valence-electron chi connectivity index (χ4n) is 2.67. The maximum Gasteiger partial charge on any atom is 0.230 e. The van der Waals surface area contributed by atoms with E-state index >= 15 is 0 Å². The van der Waals surface area contributed by atoms with Gasteiger partial charge in [0.05, 0.1) is 21.4 Å². The van der Waals surface area contributed by atoms with Crippen LogP contribution in [-0.2, 0) is 21.1 Å². The van der Waals surface area contributed by atoms with Crippen molar-refractivity contribution in [1.82, 2.24) is 4.98 Å². The van der Waals surface area contributed by atoms with Crippen LogP contribution < -0.4 is 5.32 Å². The lowest BCUT2D eigenvalue weighted by Gasteiger charge is -2.12. The van der Waals surface area contributed by atoms with Crippen molar-refractivity contribution >= 4 is 60.6 Å². The molecule has 9 heteroatoms. The Balaban J connectivity index is 1.80. The number of nitrogens with one attached hydrogen (secondary N) is 1. The minimum Gasteiger partial charge on any atom is -0.326 e. The summed E-state index contributed by atoms with van der Waals surface area (Å²) in [5.41, 5.74) is 2.31. The van der Waals surface area contributed by atoms with Crippen LogP contribution in [0.1, 0.15) is 5.69 Å². The highest BCUT2D eigenvalue weighted by Crippen LogP contribution is 2.37. The highest BCUT2D eigenvalue weighted by molar-refractivity contribution is 9.10. The van der Waals surface area contributed by atoms with Crippen LogP contribution in [0.2, 0.25) is 10.0 Å². The number of amides is 1. The molecule has 150 valence electrons. The SMILES string of the molecule is CS(=O)(=O)c1ccc(-c2c(Cl)cc(NC(=O)Cc3ccc(Br)cn3)cc2Cl)cc1. The van der Waals surface area contributed by atoms with Gasteiger partial charge in [-0.05, 0) is 57.9 Å². The zero-order chi connectivity index (χ0) is 21.2. The minimum absolute atomic E-state index is 0.108. The molecule has 1 aromatic heterocycles. The van der Waals surface area contributed by atoms with Gasteiger partial charge in [-0.3, -0.25) is 9.78 Å². The standard InChI is InChI=1S/C20H15BrCl2N2O3S/c1-29(27,28)16-6-2-12(3-7-16)20-17(22)8-15(9-18(20)23)25-19(26)10-14-5-4-13(21)11-24-14/h2-9,11H,10H2,1H3,(H,25,26). The van der Waals surface area contributed by atoms with Gasteiger partial charge in [0.25, 0.3) is 0 Å². The Hall–Kier alpha value is -1.93. The Morgan fingerprint density at radius 2 is 1.69 bits per heavy atom. The molecule has 0 spiro atoms. The molecule has 1 N–H and O–H groups in total. The Morgan fingerprint density at radius 1 is 1.07 bits per heavy atom. The van der Waals surface area contributed by atoms with E-state index in [0.29, 0.717) is 32.6 Å². The molecule has 0 aliphatic carbocycles. The van der Waals surface area contributed by atoms with E-state index in [2.05, 4.69) is 26.2 Å². The third-order valence-corrected chi connectivity index (χ3v) is 6.22. The molecule has 0 aliphatic heterocycles. The molecule has 0 bridgehead atoms. The fraction of sp³-hybridized carbons (Fsp3) is 0.100. The minimum atomic E-state index is -3.29. The smallest absolute Gasteiger partial charge is 0.230 e. The van der Waals surface area contributed by atoms with Gasteiger partial charge in [-0.2, -0.15) is 0 Å². The largest absolute Gasteiger partial charge is 0.326 e. The van der Waals surface area contributed by atoms with Crippen LogP contribution in [-0.4, -0.2) is 25.6 Å². The fourth-order valence-corrected chi connectivity index (χ4v) is 4.24. The molecule has 0 aliphatic rings. The first-order valence-electron chi connectivity index (χ1n) is 8.33. The van der Waals surface area contributed by atoms with Crippen LogP contribution in [0.3, 0.4) is 0 Å². The van der Waals surface area contributed by atoms with E-state index in [0.717, 1.165) is 10.7 Å². The highest BCUT2D eigenvalue weighted by atomic mass is 79.9. The third kappa shape index (κ3) is 5.57. The summed E-state index contributed by atoms with van der Waals surface area (Å²) < 4.78 is 24.1. The van der Waals surface area contributed by atoms with Gasteiger partial charge in [0.1, 0.15) is 0 Å². The molecule has 1 heterocycles. The normalized spacial score (nSPS) is 11.3. The van der Waals surface area contributed by atoms with Crippen LogP contribution in [0.25, 0.3) is 11.1 Å². The Labute approximate surface area is 187 Å². The predicted octanol–water partition coefficient (Wildman–Crippen LogP) is 5.40. The van der Waals surface area contributed by atoms with E-state index in [9.17, 15) is 13.2 Å². The first-order chi connectivity index (χ1) is 13.6. The first kappa shape index (κ1) is 21.8. The number of anilines is 1. The van der Waals surface area contributed by atoms with Gasteiger partial charge in [0.2, 0.25) is 5.91 Å². The monoisotopic (exact) mass is 512 g/mol. The number of rotatable bonds is 5. The zero-order valence-corrected chi connectivity index (χ0v) is 19.0. The Kier molecular flexibility index (Phi) is 6.63. The second-order valence-electron chi connectivity index (χ2n) is 6.30. The van der Waals surface area contributed by atoms with Crippen molar-refractivity contribution in [3.8, 4) is 11.1 Å². The summed E-state index contributed by atoms with van der Waals surface area (Å²) in [5, 5.41) is 3.43. The summed E-state index contributed by atoms with van der Waals surface area (Å²) >= 11 is 16.1. The molecule has 29 heavy (non-hydrogen) atoms. The van der Waals surface area contributed by atoms with Gasteiger partial charge in [-0.1, -0.05) is 35.3 Å². The van der Waals surface area contributed by atoms with Crippen molar-refractivity contribution < 1.29 is 13.2 Å². The number of sulfone groups is 1. The van der Waals surface area contributed by atoms with Gasteiger partial charge in [0.15, 0.2) is 9.84 Å². The average molecular weight is 514 g/mol. The maximum absolute atomic E-state index is 12.3. The van der Waals surface area contributed by atoms with Gasteiger partial charge in [-0.25, -0.2) is 8.42 Å². The van der Waals surface area contributed by atoms with Crippen LogP contribution in [0, 0.1) is 0 Å². The van der Waals surface area contributed by atoms with E-state index in [4.69, 9.17) is 23.2 Å². The van der Waals surface area contributed by atoms with E-state index in [1.54, 1.807) is 36.5 Å². The summed E-state index contributed by atoms with van der Waals surface area (Å²) in [6.07, 6.45) is 2.88. The van der Waals surface area contributed by atoms with Crippen molar-refractivity contribution in [1.29, 1.82) is 0 Å². The summed E-state index contributed by atoms with van der Waals surface area (Å²) in [4.78, 5) is 16.6. The number of hydrogen-bond acceptors (Lipinski definition) is 4. The van der Waals surface area contributed by atoms with E-state index in [1.807, 2.05) is 6.07 Å². The van der Waals surface area contributed by atoms with Crippen molar-refractivity contribution in [2.45, 2.75) is 11.3 Å². The van der Waals surface area contributed by atoms with E-state index in [-0.39, 0.29) is 17.2 Å². The number of benzene rings is 2. The second-order valence-corrected chi connectivity index (χ2v) is 10.0. The Morgan fingerprint density at radius 3 is 2.21 bits per heavy atom. The van der Waals surface area contributed by atoms with Crippen LogP contribution >= 0.6 is 39.1 Å². The molecule has 3 rings (SSSR count). The first-order valence-corrected chi connectivity index (χ1v) is 11.8. The topological polar surface area (TPSA) is 76.1 Å². The molecular weight excluding hydrogens is 499 g/mol. The van der Waals surface area contributed by atoms with Crippen LogP contribution in [0.5, 0.6) is 0 Å². The number of pyridine rings is 1. The summed E-state index contributed by atoms with van der Waals surface area (Å²) in [6.45, 7) is 0. The van der Waals surface area contributed by atoms with Crippen LogP contribution in [0.4, 0.5) is 5.69 Å². The van der Waals surface area contributed by atoms with E-state index in [1.165, 1.54) is 12.1 Å². The molecule has 0 saturated heterocycles.